The standard InChI is InChI=1S/C30H31FN4O4/c1-39-30(38)28-26(3-2-11-32-28)29(37)35-13-8-20(9-14-35)16-27(36)33-25-10-12-34(19-25)18-21-4-5-23-17-24(31)7-6-22(23)15-21/h2-7,11,15-17,25H,8-10,12-14,18-19H2,1H3,(H,33,36)/t25-/m1/s1. The lowest BCUT2D eigenvalue weighted by atomic mass is 10.0. The minimum atomic E-state index is -0.646. The highest BCUT2D eigenvalue weighted by molar-refractivity contribution is 6.04. The largest absolute Gasteiger partial charge is 0.464 e. The van der Waals surface area contributed by atoms with Gasteiger partial charge in [0.25, 0.3) is 5.91 Å². The molecule has 1 aromatic heterocycles. The van der Waals surface area contributed by atoms with Crippen LogP contribution in [0.25, 0.3) is 10.8 Å². The first-order chi connectivity index (χ1) is 18.9. The Kier molecular flexibility index (Phi) is 7.97. The molecule has 3 heterocycles. The number of fused-ring (bicyclic) bond motifs is 1. The van der Waals surface area contributed by atoms with Gasteiger partial charge in [0.15, 0.2) is 5.69 Å². The second kappa shape index (κ2) is 11.7. The Morgan fingerprint density at radius 3 is 2.64 bits per heavy atom. The summed E-state index contributed by atoms with van der Waals surface area (Å²) in [5.41, 5.74) is 2.39. The number of nitrogens with zero attached hydrogens (tertiary/aromatic N) is 3. The van der Waals surface area contributed by atoms with E-state index in [4.69, 9.17) is 4.74 Å². The number of carbonyl (C=O) groups is 3. The number of methoxy groups -OCH3 is 1. The predicted molar refractivity (Wildman–Crippen MR) is 145 cm³/mol. The average molecular weight is 531 g/mol. The summed E-state index contributed by atoms with van der Waals surface area (Å²) in [5, 5.41) is 5.03. The van der Waals surface area contributed by atoms with Gasteiger partial charge in [-0.2, -0.15) is 0 Å². The fraction of sp³-hybridized carbons (Fsp3) is 0.333. The van der Waals surface area contributed by atoms with Crippen LogP contribution in [-0.4, -0.2) is 71.9 Å². The Hall–Kier alpha value is -4.11. The van der Waals surface area contributed by atoms with Crippen molar-refractivity contribution >= 4 is 28.6 Å². The number of aromatic nitrogens is 1. The molecule has 9 heteroatoms. The highest BCUT2D eigenvalue weighted by Gasteiger charge is 2.27. The van der Waals surface area contributed by atoms with Crippen molar-refractivity contribution in [3.05, 3.63) is 89.0 Å². The number of hydrogen-bond acceptors (Lipinski definition) is 6. The van der Waals surface area contributed by atoms with Gasteiger partial charge in [-0.15, -0.1) is 0 Å². The number of halogens is 1. The Morgan fingerprint density at radius 2 is 1.85 bits per heavy atom. The van der Waals surface area contributed by atoms with Gasteiger partial charge in [-0.05, 0) is 65.9 Å². The number of nitrogens with one attached hydrogen (secondary N) is 1. The summed E-state index contributed by atoms with van der Waals surface area (Å²) < 4.78 is 18.2. The maximum atomic E-state index is 13.4. The lowest BCUT2D eigenvalue weighted by Crippen LogP contribution is -2.38. The monoisotopic (exact) mass is 530 g/mol. The SMILES string of the molecule is COC(=O)c1ncccc1C(=O)N1CCC(=CC(=O)N[C@@H]2CCN(Cc3ccc4cc(F)ccc4c3)C2)CC1. The number of benzene rings is 2. The second-order valence-corrected chi connectivity index (χ2v) is 10.0. The van der Waals surface area contributed by atoms with Crippen molar-refractivity contribution in [3.63, 3.8) is 0 Å². The summed E-state index contributed by atoms with van der Waals surface area (Å²) in [6.45, 7) is 3.36. The maximum Gasteiger partial charge on any atom is 0.357 e. The van der Waals surface area contributed by atoms with Crippen molar-refractivity contribution in [2.24, 2.45) is 0 Å². The van der Waals surface area contributed by atoms with E-state index in [-0.39, 0.29) is 34.9 Å². The van der Waals surface area contributed by atoms with E-state index < -0.39 is 5.97 Å². The zero-order valence-corrected chi connectivity index (χ0v) is 21.9. The first-order valence-corrected chi connectivity index (χ1v) is 13.1. The molecule has 1 N–H and O–H groups in total. The molecule has 202 valence electrons. The van der Waals surface area contributed by atoms with Crippen molar-refractivity contribution in [2.45, 2.75) is 31.8 Å². The predicted octanol–water partition coefficient (Wildman–Crippen LogP) is 3.71. The first kappa shape index (κ1) is 26.5. The average Bonchev–Trinajstić information content (AvgIpc) is 3.38. The molecule has 0 spiro atoms. The van der Waals surface area contributed by atoms with Crippen LogP contribution in [0, 0.1) is 5.82 Å². The zero-order valence-electron chi connectivity index (χ0n) is 21.9. The molecule has 0 unspecified atom stereocenters. The van der Waals surface area contributed by atoms with Gasteiger partial charge in [0.1, 0.15) is 5.82 Å². The fourth-order valence-corrected chi connectivity index (χ4v) is 5.29. The number of amides is 2. The van der Waals surface area contributed by atoms with Gasteiger partial charge in [-0.25, -0.2) is 14.2 Å². The van der Waals surface area contributed by atoms with Crippen LogP contribution >= 0.6 is 0 Å². The van der Waals surface area contributed by atoms with Crippen molar-refractivity contribution in [1.82, 2.24) is 20.1 Å². The Morgan fingerprint density at radius 1 is 1.08 bits per heavy atom. The van der Waals surface area contributed by atoms with E-state index in [1.165, 1.54) is 19.4 Å². The molecule has 5 rings (SSSR count). The molecule has 2 aromatic carbocycles. The molecule has 2 saturated heterocycles. The molecule has 2 aliphatic heterocycles. The van der Waals surface area contributed by atoms with E-state index in [0.717, 1.165) is 48.0 Å². The van der Waals surface area contributed by atoms with Gasteiger partial charge in [0, 0.05) is 51.0 Å². The molecular formula is C30H31FN4O4. The number of pyridine rings is 1. The summed E-state index contributed by atoms with van der Waals surface area (Å²) >= 11 is 0. The molecule has 0 aliphatic carbocycles. The lowest BCUT2D eigenvalue weighted by molar-refractivity contribution is -0.117. The zero-order chi connectivity index (χ0) is 27.4. The fourth-order valence-electron chi connectivity index (χ4n) is 5.29. The van der Waals surface area contributed by atoms with E-state index in [2.05, 4.69) is 21.3 Å². The number of rotatable bonds is 6. The number of ether oxygens (including phenoxy) is 1. The van der Waals surface area contributed by atoms with E-state index in [1.54, 1.807) is 35.2 Å². The van der Waals surface area contributed by atoms with Crippen LogP contribution in [0.5, 0.6) is 0 Å². The molecule has 0 bridgehead atoms. The first-order valence-electron chi connectivity index (χ1n) is 13.1. The highest BCUT2D eigenvalue weighted by Crippen LogP contribution is 2.22. The Labute approximate surface area is 226 Å². The van der Waals surface area contributed by atoms with Gasteiger partial charge >= 0.3 is 5.97 Å². The quantitative estimate of drug-likeness (QED) is 0.386. The minimum absolute atomic E-state index is 0.00679. The molecule has 2 fully saturated rings. The lowest BCUT2D eigenvalue weighted by Gasteiger charge is -2.29. The molecule has 2 amide bonds. The normalized spacial score (nSPS) is 17.7. The van der Waals surface area contributed by atoms with Gasteiger partial charge in [0.05, 0.1) is 12.7 Å². The van der Waals surface area contributed by atoms with Crippen LogP contribution in [0.3, 0.4) is 0 Å². The van der Waals surface area contributed by atoms with E-state index in [1.807, 2.05) is 12.1 Å². The van der Waals surface area contributed by atoms with Crippen LogP contribution < -0.4 is 5.32 Å². The maximum absolute atomic E-state index is 13.4. The summed E-state index contributed by atoms with van der Waals surface area (Å²) in [4.78, 5) is 45.7. The van der Waals surface area contributed by atoms with Crippen molar-refractivity contribution in [3.8, 4) is 0 Å². The van der Waals surface area contributed by atoms with Crippen molar-refractivity contribution in [2.75, 3.05) is 33.3 Å². The van der Waals surface area contributed by atoms with Gasteiger partial charge < -0.3 is 15.0 Å². The second-order valence-electron chi connectivity index (χ2n) is 10.0. The van der Waals surface area contributed by atoms with Gasteiger partial charge in [-0.1, -0.05) is 23.8 Å². The number of esters is 1. The van der Waals surface area contributed by atoms with E-state index in [9.17, 15) is 18.8 Å². The van der Waals surface area contributed by atoms with Crippen molar-refractivity contribution in [1.29, 1.82) is 0 Å². The third-order valence-electron chi connectivity index (χ3n) is 7.34. The molecule has 2 aliphatic rings. The third-order valence-corrected chi connectivity index (χ3v) is 7.34. The number of hydrogen-bond donors (Lipinski definition) is 1. The summed E-state index contributed by atoms with van der Waals surface area (Å²) in [6, 6.07) is 14.2. The van der Waals surface area contributed by atoms with Crippen LogP contribution in [0.1, 0.15) is 45.7 Å². The van der Waals surface area contributed by atoms with E-state index in [0.29, 0.717) is 25.9 Å². The molecule has 39 heavy (non-hydrogen) atoms. The summed E-state index contributed by atoms with van der Waals surface area (Å²) in [7, 11) is 1.26. The number of piperidine rings is 1. The molecule has 0 radical (unpaired) electrons. The highest BCUT2D eigenvalue weighted by atomic mass is 19.1. The van der Waals surface area contributed by atoms with Crippen LogP contribution in [0.2, 0.25) is 0 Å². The number of carbonyl (C=O) groups excluding carboxylic acids is 3. The Bertz CT molecular complexity index is 1430. The molecule has 8 nitrogen and oxygen atoms in total. The third kappa shape index (κ3) is 6.31. The molecule has 1 atom stereocenters. The smallest absolute Gasteiger partial charge is 0.357 e. The van der Waals surface area contributed by atoms with Gasteiger partial charge in [0.2, 0.25) is 5.91 Å². The van der Waals surface area contributed by atoms with Crippen LogP contribution in [0.4, 0.5) is 4.39 Å². The van der Waals surface area contributed by atoms with E-state index >= 15 is 0 Å². The molecular weight excluding hydrogens is 499 g/mol. The summed E-state index contributed by atoms with van der Waals surface area (Å²) in [6.07, 6.45) is 5.18. The van der Waals surface area contributed by atoms with Crippen LogP contribution in [-0.2, 0) is 16.1 Å². The summed E-state index contributed by atoms with van der Waals surface area (Å²) in [5.74, 6) is -1.25. The molecule has 3 aromatic rings. The number of likely N-dealkylation sites (tertiary alicyclic amines) is 2. The Balaban J connectivity index is 1.10. The van der Waals surface area contributed by atoms with Crippen molar-refractivity contribution < 1.29 is 23.5 Å². The van der Waals surface area contributed by atoms with Gasteiger partial charge in [-0.3, -0.25) is 14.5 Å². The minimum Gasteiger partial charge on any atom is -0.464 e. The topological polar surface area (TPSA) is 91.8 Å². The molecule has 0 saturated carbocycles. The van der Waals surface area contributed by atoms with Crippen LogP contribution in [0.15, 0.2) is 66.4 Å².